The van der Waals surface area contributed by atoms with Gasteiger partial charge in [-0.15, -0.1) is 71.9 Å². The van der Waals surface area contributed by atoms with Gasteiger partial charge in [-0.25, -0.2) is 19.5 Å². The van der Waals surface area contributed by atoms with E-state index in [0.717, 1.165) is 28.3 Å². The molecule has 6 heterocycles. The van der Waals surface area contributed by atoms with Crippen molar-refractivity contribution in [2.24, 2.45) is 11.5 Å². The van der Waals surface area contributed by atoms with Gasteiger partial charge in [0.15, 0.2) is 35.8 Å². The number of carbonyl (C=O) groups is 4. The summed E-state index contributed by atoms with van der Waals surface area (Å²) in [6, 6.07) is 19.3. The summed E-state index contributed by atoms with van der Waals surface area (Å²) in [7, 11) is -4.82. The number of ether oxygens (including phenoxy) is 3. The first kappa shape index (κ1) is 80.4. The van der Waals surface area contributed by atoms with Crippen LogP contribution in [0.3, 0.4) is 0 Å². The first-order valence-corrected chi connectivity index (χ1v) is 27.2. The Kier molecular flexibility index (Phi) is 32.1. The van der Waals surface area contributed by atoms with Crippen LogP contribution < -0.4 is 44.6 Å². The molecule has 0 aliphatic carbocycles. The summed E-state index contributed by atoms with van der Waals surface area (Å²) in [5, 5.41) is 79.6. The molecule has 0 radical (unpaired) electrons. The molecule has 90 heavy (non-hydrogen) atoms. The highest BCUT2D eigenvalue weighted by atomic mass is 127. The number of halogens is 4. The lowest BCUT2D eigenvalue weighted by Gasteiger charge is -2.17. The number of non-ortho nitro benzene ring substituents is 1. The van der Waals surface area contributed by atoms with Gasteiger partial charge >= 0.3 is 7.82 Å². The van der Waals surface area contributed by atoms with E-state index in [1.165, 1.54) is 46.1 Å². The Balaban J connectivity index is 0.000000450. The minimum Gasteiger partial charge on any atom is -0.387 e. The summed E-state index contributed by atoms with van der Waals surface area (Å²) in [5.74, 6) is -1.83. The van der Waals surface area contributed by atoms with Crippen molar-refractivity contribution >= 4 is 139 Å². The quantitative estimate of drug-likeness (QED) is 0.0173. The summed E-state index contributed by atoms with van der Waals surface area (Å²) in [6.45, 7) is -0.0979. The zero-order valence-corrected chi connectivity index (χ0v) is 54.2. The van der Waals surface area contributed by atoms with E-state index in [4.69, 9.17) is 64.3 Å². The van der Waals surface area contributed by atoms with E-state index in [1.54, 1.807) is 48.5 Å². The van der Waals surface area contributed by atoms with Gasteiger partial charge in [0.05, 0.1) is 30.5 Å². The van der Waals surface area contributed by atoms with Gasteiger partial charge in [0.2, 0.25) is 0 Å². The van der Waals surface area contributed by atoms with Gasteiger partial charge in [0.25, 0.3) is 23.4 Å². The molecular weight excluding hydrogens is 1570 g/mol. The predicted molar refractivity (Wildman–Crippen MR) is 353 cm³/mol. The van der Waals surface area contributed by atoms with Gasteiger partial charge < -0.3 is 99.3 Å². The number of aldehydes is 1. The smallest absolute Gasteiger partial charge is 0.387 e. The fourth-order valence-electron chi connectivity index (χ4n) is 8.67. The first-order chi connectivity index (χ1) is 40.3. The molecule has 0 saturated carbocycles. The van der Waals surface area contributed by atoms with Crippen molar-refractivity contribution in [1.29, 1.82) is 0 Å². The minimum absolute atomic E-state index is 0. The number of phosphoric ester groups is 1. The van der Waals surface area contributed by atoms with Gasteiger partial charge in [-0.1, -0.05) is 75.0 Å². The van der Waals surface area contributed by atoms with E-state index < -0.39 is 111 Å². The number of phosphoric acid groups is 1. The molecule has 39 heteroatoms. The van der Waals surface area contributed by atoms with E-state index in [0.29, 0.717) is 16.1 Å². The van der Waals surface area contributed by atoms with Crippen LogP contribution in [0.1, 0.15) is 92.1 Å². The Morgan fingerprint density at radius 3 is 1.20 bits per heavy atom. The Morgan fingerprint density at radius 2 is 0.900 bits per heavy atom. The van der Waals surface area contributed by atoms with Crippen LogP contribution in [0.4, 0.5) is 23.1 Å². The number of nitro groups is 1. The molecular formula is C51H72ClI3N15O19P. The summed E-state index contributed by atoms with van der Waals surface area (Å²) < 4.78 is 35.2. The van der Waals surface area contributed by atoms with Gasteiger partial charge in [-0.3, -0.25) is 47.5 Å². The third kappa shape index (κ3) is 19.7. The highest BCUT2D eigenvalue weighted by Gasteiger charge is 2.47. The number of carbonyl (C=O) groups excluding carboxylic acids is 4. The Labute approximate surface area is 569 Å². The molecule has 0 unspecified atom stereocenters. The molecule has 21 N–H and O–H groups in total. The number of rotatable bonds is 19. The van der Waals surface area contributed by atoms with Crippen molar-refractivity contribution < 1.29 is 87.8 Å². The van der Waals surface area contributed by atoms with Crippen molar-refractivity contribution in [3.63, 3.8) is 0 Å². The number of benzene rings is 3. The molecule has 0 bridgehead atoms. The number of hydrogen-bond acceptors (Lipinski definition) is 25. The zero-order valence-electron chi connectivity index (χ0n) is 45.5. The number of nitro benzene ring substituents is 1. The number of nitrogens with one attached hydrogen (secondary N) is 3. The standard InChI is InChI=1S/C17H21N5O5.C16H20ClN5O4.C16H20N5O10P.2CH4.3HI/c18-5-11-13(24)14(25)17(27-11)22-8-21-12(15(22)19)16(26)20-6-9-1-3-10(7-23)4-2-9;17-9-3-1-8(2-4-9)6-20-15(25)11-14(19)22(7-21-11)16-13(24)12(23)10(5-18)26-16;17-14-11(15(24)18-5-8-1-3-9(4-2-8)21(25)26)19-7-20(14)16-13(23)12(22)10(31-16)6-30-32(27,28)29;;;;;/h1-4,7-8,11,13-14,17,24-25H,5-6,18-19H2,(H,20,26);1-4,7,10,12-13,16,23-24H,5-6,18-19H2,(H,20,25);1-4,7,10,12-13,16,22-23H,5-6,17H2,(H,18,24)(H2,27,28,29);2*1H4;3*1H/t11-,13-,14-,17-;2*10-,12-,13-,16-;;;;;/m111...../s1. The molecule has 34 nitrogen and oxygen atoms in total. The Hall–Kier alpha value is -5.68. The van der Waals surface area contributed by atoms with Gasteiger partial charge in [0.1, 0.15) is 78.7 Å². The molecule has 3 fully saturated rings. The van der Waals surface area contributed by atoms with Crippen molar-refractivity contribution in [2.75, 3.05) is 36.9 Å². The maximum absolute atomic E-state index is 12.4. The second kappa shape index (κ2) is 36.0. The van der Waals surface area contributed by atoms with E-state index >= 15 is 0 Å². The fourth-order valence-corrected chi connectivity index (χ4v) is 9.14. The van der Waals surface area contributed by atoms with Crippen molar-refractivity contribution in [2.45, 2.75) is 108 Å². The minimum atomic E-state index is -4.82. The molecule has 498 valence electrons. The lowest BCUT2D eigenvalue weighted by atomic mass is 10.1. The SMILES string of the molecule is C.C.I.I.I.NC[C@H]1O[C@@H](n2cnc(C(=O)NCc3ccc(C=O)cc3)c2N)[C@H](O)[C@@H]1O.NC[C@H]1O[C@@H](n2cnc(C(=O)NCc3ccc(Cl)cc3)c2N)[C@H](O)[C@@H]1O.Nc1c(C(=O)NCc2ccc([N+](=O)[O-])cc2)ncn1[C@@H]1O[C@H](COP(=O)(O)O)[C@@H](O)[C@H]1O. The number of nitrogens with two attached hydrogens (primary N) is 5. The number of imidazole rings is 3. The molecule has 3 aliphatic heterocycles. The molecule has 3 saturated heterocycles. The number of amides is 3. The van der Waals surface area contributed by atoms with Crippen LogP contribution in [-0.2, 0) is 42.9 Å². The molecule has 0 spiro atoms. The van der Waals surface area contributed by atoms with E-state index in [2.05, 4.69) is 35.4 Å². The highest BCUT2D eigenvalue weighted by Crippen LogP contribution is 2.39. The number of aromatic nitrogens is 6. The maximum atomic E-state index is 12.4. The van der Waals surface area contributed by atoms with E-state index in [1.807, 2.05) is 0 Å². The average Bonchev–Trinajstić information content (AvgIpc) is 1.68. The molecule has 12 atom stereocenters. The molecule has 3 aliphatic rings. The summed E-state index contributed by atoms with van der Waals surface area (Å²) in [4.78, 5) is 87.3. The number of aliphatic hydroxyl groups excluding tert-OH is 6. The van der Waals surface area contributed by atoms with Crippen molar-refractivity contribution in [3.8, 4) is 0 Å². The molecule has 9 rings (SSSR count). The lowest BCUT2D eigenvalue weighted by molar-refractivity contribution is -0.384. The van der Waals surface area contributed by atoms with Crippen LogP contribution in [0.15, 0.2) is 91.8 Å². The first-order valence-electron chi connectivity index (χ1n) is 25.3. The fraction of sp³-hybridized carbons (Fsp3) is 0.392. The third-order valence-electron chi connectivity index (χ3n) is 13.4. The van der Waals surface area contributed by atoms with E-state index in [-0.39, 0.29) is 160 Å². The lowest BCUT2D eigenvalue weighted by Crippen LogP contribution is -2.35. The Morgan fingerprint density at radius 1 is 0.589 bits per heavy atom. The maximum Gasteiger partial charge on any atom is 0.469 e. The van der Waals surface area contributed by atoms with Crippen LogP contribution in [-0.4, -0.2) is 173 Å². The third-order valence-corrected chi connectivity index (χ3v) is 14.1. The second-order valence-electron chi connectivity index (χ2n) is 19.0. The number of anilines is 3. The van der Waals surface area contributed by atoms with Crippen LogP contribution in [0, 0.1) is 10.1 Å². The van der Waals surface area contributed by atoms with Crippen LogP contribution in [0.25, 0.3) is 0 Å². The summed E-state index contributed by atoms with van der Waals surface area (Å²) in [5.41, 5.74) is 31.4. The predicted octanol–water partition coefficient (Wildman–Crippen LogP) is 0.571. The van der Waals surface area contributed by atoms with Gasteiger partial charge in [0, 0.05) is 55.4 Å². The molecule has 3 amide bonds. The summed E-state index contributed by atoms with van der Waals surface area (Å²) >= 11 is 5.82. The van der Waals surface area contributed by atoms with Crippen LogP contribution >= 0.6 is 91.4 Å². The van der Waals surface area contributed by atoms with Gasteiger partial charge in [-0.05, 0) is 28.8 Å². The monoisotopic (exact) mass is 1650 g/mol. The highest BCUT2D eigenvalue weighted by molar-refractivity contribution is 14.0. The Bertz CT molecular complexity index is 3350. The number of nitrogens with zero attached hydrogens (tertiary/aromatic N) is 7. The normalized spacial score (nSPS) is 23.0. The van der Waals surface area contributed by atoms with Crippen molar-refractivity contribution in [1.82, 2.24) is 44.6 Å². The largest absolute Gasteiger partial charge is 0.469 e. The van der Waals surface area contributed by atoms with Gasteiger partial charge in [-0.2, -0.15) is 0 Å². The van der Waals surface area contributed by atoms with Crippen LogP contribution in [0.5, 0.6) is 0 Å². The topological polar surface area (TPSA) is 547 Å². The van der Waals surface area contributed by atoms with Crippen molar-refractivity contribution in [3.05, 3.63) is 146 Å². The van der Waals surface area contributed by atoms with Crippen LogP contribution in [0.2, 0.25) is 5.02 Å². The number of nitrogen functional groups attached to an aromatic ring is 3. The number of hydrogen-bond donors (Lipinski definition) is 16. The zero-order chi connectivity index (χ0) is 62.0. The molecule has 3 aromatic carbocycles. The van der Waals surface area contributed by atoms with E-state index in [9.17, 15) is 64.5 Å². The molecule has 6 aromatic rings. The average molecular weight is 1650 g/mol. The second-order valence-corrected chi connectivity index (χ2v) is 20.7. The molecule has 3 aromatic heterocycles. The number of aliphatic hydroxyl groups is 6. The summed E-state index contributed by atoms with van der Waals surface area (Å²) in [6.07, 6.45) is -9.48.